The van der Waals surface area contributed by atoms with Gasteiger partial charge in [0.25, 0.3) is 17.1 Å². The quantitative estimate of drug-likeness (QED) is 0.753. The lowest BCUT2D eigenvalue weighted by molar-refractivity contribution is -0.122. The SMILES string of the molecule is COc1ccccc1C(=O)NCCN1C(=O)S/C(=C\c2ccc(F)cc2)C1=O. The highest BCUT2D eigenvalue weighted by atomic mass is 32.2. The highest BCUT2D eigenvalue weighted by Crippen LogP contribution is 2.31. The van der Waals surface area contributed by atoms with E-state index in [0.29, 0.717) is 16.9 Å². The minimum Gasteiger partial charge on any atom is -0.496 e. The number of hydrogen-bond donors (Lipinski definition) is 1. The molecule has 0 saturated carbocycles. The fourth-order valence-corrected chi connectivity index (χ4v) is 3.48. The molecule has 6 nitrogen and oxygen atoms in total. The van der Waals surface area contributed by atoms with E-state index in [-0.39, 0.29) is 29.7 Å². The van der Waals surface area contributed by atoms with Gasteiger partial charge >= 0.3 is 0 Å². The normalized spacial score (nSPS) is 15.2. The molecule has 1 saturated heterocycles. The molecule has 8 heteroatoms. The molecule has 1 fully saturated rings. The molecule has 0 aromatic heterocycles. The molecule has 0 spiro atoms. The third kappa shape index (κ3) is 4.40. The lowest BCUT2D eigenvalue weighted by atomic mass is 10.2. The summed E-state index contributed by atoms with van der Waals surface area (Å²) in [5, 5.41) is 2.26. The van der Waals surface area contributed by atoms with E-state index >= 15 is 0 Å². The lowest BCUT2D eigenvalue weighted by Crippen LogP contribution is -2.37. The van der Waals surface area contributed by atoms with Crippen molar-refractivity contribution in [2.24, 2.45) is 0 Å². The van der Waals surface area contributed by atoms with Crippen LogP contribution in [0.3, 0.4) is 0 Å². The van der Waals surface area contributed by atoms with E-state index in [9.17, 15) is 18.8 Å². The molecule has 2 aromatic rings. The van der Waals surface area contributed by atoms with Crippen LogP contribution in [-0.2, 0) is 4.79 Å². The van der Waals surface area contributed by atoms with Crippen LogP contribution < -0.4 is 10.1 Å². The van der Waals surface area contributed by atoms with E-state index in [1.54, 1.807) is 24.3 Å². The van der Waals surface area contributed by atoms with Crippen molar-refractivity contribution in [3.8, 4) is 5.75 Å². The Bertz CT molecular complexity index is 943. The van der Waals surface area contributed by atoms with Crippen LogP contribution in [0.1, 0.15) is 15.9 Å². The van der Waals surface area contributed by atoms with Crippen molar-refractivity contribution in [2.45, 2.75) is 0 Å². The Hall–Kier alpha value is -3.13. The van der Waals surface area contributed by atoms with E-state index < -0.39 is 11.1 Å². The number of carbonyl (C=O) groups is 3. The molecule has 0 radical (unpaired) electrons. The Balaban J connectivity index is 1.60. The Morgan fingerprint density at radius 3 is 2.61 bits per heavy atom. The first kappa shape index (κ1) is 19.6. The standard InChI is InChI=1S/C20H17FN2O4S/c1-27-16-5-3-2-4-15(16)18(24)22-10-11-23-19(25)17(28-20(23)26)12-13-6-8-14(21)9-7-13/h2-9,12H,10-11H2,1H3,(H,22,24)/b17-12-. The van der Waals surface area contributed by atoms with Crippen molar-refractivity contribution in [3.63, 3.8) is 0 Å². The number of halogens is 1. The summed E-state index contributed by atoms with van der Waals surface area (Å²) in [5.74, 6) is -0.735. The highest BCUT2D eigenvalue weighted by molar-refractivity contribution is 8.18. The summed E-state index contributed by atoms with van der Waals surface area (Å²) in [6, 6.07) is 12.4. The maximum Gasteiger partial charge on any atom is 0.293 e. The number of methoxy groups -OCH3 is 1. The summed E-state index contributed by atoms with van der Waals surface area (Å²) >= 11 is 0.814. The van der Waals surface area contributed by atoms with Gasteiger partial charge in [-0.2, -0.15) is 0 Å². The molecule has 1 N–H and O–H groups in total. The number of hydrogen-bond acceptors (Lipinski definition) is 5. The van der Waals surface area contributed by atoms with Crippen LogP contribution in [0, 0.1) is 5.82 Å². The molecule has 3 rings (SSSR count). The smallest absolute Gasteiger partial charge is 0.293 e. The summed E-state index contributed by atoms with van der Waals surface area (Å²) in [4.78, 5) is 38.2. The van der Waals surface area contributed by atoms with E-state index in [4.69, 9.17) is 4.74 Å². The van der Waals surface area contributed by atoms with Crippen molar-refractivity contribution in [3.05, 3.63) is 70.4 Å². The average molecular weight is 400 g/mol. The fourth-order valence-electron chi connectivity index (χ4n) is 2.61. The van der Waals surface area contributed by atoms with Gasteiger partial charge < -0.3 is 10.1 Å². The van der Waals surface area contributed by atoms with E-state index in [2.05, 4.69) is 5.32 Å². The minimum atomic E-state index is -0.439. The number of benzene rings is 2. The zero-order valence-corrected chi connectivity index (χ0v) is 15.8. The number of thioether (sulfide) groups is 1. The maximum absolute atomic E-state index is 13.0. The number of para-hydroxylation sites is 1. The Kier molecular flexibility index (Phi) is 6.10. The average Bonchev–Trinajstić information content (AvgIpc) is 2.96. The van der Waals surface area contributed by atoms with Crippen LogP contribution in [0.5, 0.6) is 5.75 Å². The number of nitrogens with zero attached hydrogens (tertiary/aromatic N) is 1. The van der Waals surface area contributed by atoms with Gasteiger partial charge in [0.05, 0.1) is 17.6 Å². The van der Waals surface area contributed by atoms with Gasteiger partial charge in [-0.1, -0.05) is 24.3 Å². The zero-order chi connectivity index (χ0) is 20.1. The monoisotopic (exact) mass is 400 g/mol. The van der Waals surface area contributed by atoms with Gasteiger partial charge in [-0.15, -0.1) is 0 Å². The van der Waals surface area contributed by atoms with Gasteiger partial charge in [0, 0.05) is 13.1 Å². The number of amides is 3. The molecule has 0 atom stereocenters. The molecule has 0 unspecified atom stereocenters. The van der Waals surface area contributed by atoms with Crippen LogP contribution >= 0.6 is 11.8 Å². The van der Waals surface area contributed by atoms with E-state index in [1.165, 1.54) is 37.5 Å². The molecule has 1 aliphatic rings. The van der Waals surface area contributed by atoms with Gasteiger partial charge in [-0.25, -0.2) is 4.39 Å². The van der Waals surface area contributed by atoms with Crippen LogP contribution in [0.2, 0.25) is 0 Å². The van der Waals surface area contributed by atoms with Gasteiger partial charge in [0.1, 0.15) is 11.6 Å². The van der Waals surface area contributed by atoms with Crippen molar-refractivity contribution in [1.29, 1.82) is 0 Å². The number of nitrogens with one attached hydrogen (secondary N) is 1. The van der Waals surface area contributed by atoms with Crippen LogP contribution in [0.15, 0.2) is 53.4 Å². The number of imide groups is 1. The largest absolute Gasteiger partial charge is 0.496 e. The molecule has 1 aliphatic heterocycles. The van der Waals surface area contributed by atoms with Gasteiger partial charge in [-0.05, 0) is 47.7 Å². The Morgan fingerprint density at radius 2 is 1.89 bits per heavy atom. The van der Waals surface area contributed by atoms with Gasteiger partial charge in [0.15, 0.2) is 0 Å². The molecule has 0 aliphatic carbocycles. The second-order valence-corrected chi connectivity index (χ2v) is 6.83. The molecule has 1 heterocycles. The Labute approximate surface area is 165 Å². The topological polar surface area (TPSA) is 75.7 Å². The predicted octanol–water partition coefficient (Wildman–Crippen LogP) is 3.30. The van der Waals surface area contributed by atoms with E-state index in [0.717, 1.165) is 16.7 Å². The van der Waals surface area contributed by atoms with Gasteiger partial charge in [-0.3, -0.25) is 19.3 Å². The predicted molar refractivity (Wildman–Crippen MR) is 104 cm³/mol. The molecule has 144 valence electrons. The molecule has 28 heavy (non-hydrogen) atoms. The number of rotatable bonds is 6. The summed E-state index contributed by atoms with van der Waals surface area (Å²) in [6.45, 7) is 0.158. The minimum absolute atomic E-state index is 0.0479. The first-order valence-electron chi connectivity index (χ1n) is 8.42. The van der Waals surface area contributed by atoms with Crippen LogP contribution in [-0.4, -0.2) is 42.2 Å². The number of ether oxygens (including phenoxy) is 1. The summed E-state index contributed by atoms with van der Waals surface area (Å²) in [7, 11) is 1.47. The fraction of sp³-hybridized carbons (Fsp3) is 0.150. The van der Waals surface area contributed by atoms with Crippen molar-refractivity contribution in [2.75, 3.05) is 20.2 Å². The third-order valence-electron chi connectivity index (χ3n) is 4.01. The summed E-state index contributed by atoms with van der Waals surface area (Å²) in [5.41, 5.74) is 0.992. The van der Waals surface area contributed by atoms with Crippen LogP contribution in [0.25, 0.3) is 6.08 Å². The zero-order valence-electron chi connectivity index (χ0n) is 15.0. The molecule has 2 aromatic carbocycles. The van der Waals surface area contributed by atoms with Crippen molar-refractivity contribution >= 4 is 34.9 Å². The maximum atomic E-state index is 13.0. The first-order chi connectivity index (χ1) is 13.5. The van der Waals surface area contributed by atoms with E-state index in [1.807, 2.05) is 0 Å². The summed E-state index contributed by atoms with van der Waals surface area (Å²) in [6.07, 6.45) is 1.54. The molecule has 0 bridgehead atoms. The highest BCUT2D eigenvalue weighted by Gasteiger charge is 2.34. The Morgan fingerprint density at radius 1 is 1.18 bits per heavy atom. The molecule has 3 amide bonds. The van der Waals surface area contributed by atoms with Gasteiger partial charge in [0.2, 0.25) is 0 Å². The second kappa shape index (κ2) is 8.71. The first-order valence-corrected chi connectivity index (χ1v) is 9.23. The van der Waals surface area contributed by atoms with Crippen molar-refractivity contribution in [1.82, 2.24) is 10.2 Å². The molecular weight excluding hydrogens is 383 g/mol. The van der Waals surface area contributed by atoms with Crippen molar-refractivity contribution < 1.29 is 23.5 Å². The molecular formula is C20H17FN2O4S. The lowest BCUT2D eigenvalue weighted by Gasteiger charge is -2.13. The second-order valence-electron chi connectivity index (χ2n) is 5.84. The van der Waals surface area contributed by atoms with Crippen LogP contribution in [0.4, 0.5) is 9.18 Å². The number of carbonyl (C=O) groups excluding carboxylic acids is 3. The third-order valence-corrected chi connectivity index (χ3v) is 4.92. The summed E-state index contributed by atoms with van der Waals surface area (Å²) < 4.78 is 18.1.